The molecule has 1 aromatic rings. The first kappa shape index (κ1) is 17.7. The van der Waals surface area contributed by atoms with Gasteiger partial charge in [0.25, 0.3) is 0 Å². The van der Waals surface area contributed by atoms with Crippen molar-refractivity contribution in [1.29, 1.82) is 0 Å². The van der Waals surface area contributed by atoms with E-state index in [1.165, 1.54) is 12.1 Å². The van der Waals surface area contributed by atoms with Crippen LogP contribution < -0.4 is 0 Å². The molecule has 0 unspecified atom stereocenters. The monoisotopic (exact) mass is 351 g/mol. The third-order valence-electron chi connectivity index (χ3n) is 3.90. The van der Waals surface area contributed by atoms with Crippen molar-refractivity contribution in [1.82, 2.24) is 4.98 Å². The molecule has 23 heavy (non-hydrogen) atoms. The van der Waals surface area contributed by atoms with Crippen molar-refractivity contribution in [2.24, 2.45) is 17.3 Å². The second-order valence-electron chi connectivity index (χ2n) is 5.90. The van der Waals surface area contributed by atoms with E-state index >= 15 is 0 Å². The number of aromatic nitrogens is 1. The van der Waals surface area contributed by atoms with Gasteiger partial charge in [-0.3, -0.25) is 4.79 Å². The van der Waals surface area contributed by atoms with Gasteiger partial charge in [-0.05, 0) is 23.5 Å². The maximum absolute atomic E-state index is 12.9. The second-order valence-corrected chi connectivity index (χ2v) is 6.30. The minimum absolute atomic E-state index is 0.220. The van der Waals surface area contributed by atoms with Crippen molar-refractivity contribution in [3.05, 3.63) is 40.9 Å². The van der Waals surface area contributed by atoms with Crippen molar-refractivity contribution in [2.45, 2.75) is 26.6 Å². The van der Waals surface area contributed by atoms with Crippen molar-refractivity contribution >= 4 is 17.6 Å². The summed E-state index contributed by atoms with van der Waals surface area (Å²) in [7, 11) is 0. The molecule has 126 valence electrons. The Morgan fingerprint density at radius 1 is 1.43 bits per heavy atom. The molecular weight excluding hydrogens is 338 g/mol. The molecule has 1 saturated carbocycles. The van der Waals surface area contributed by atoms with Crippen LogP contribution in [-0.4, -0.2) is 17.1 Å². The Labute approximate surface area is 135 Å². The normalized spacial score (nSPS) is 23.5. The van der Waals surface area contributed by atoms with E-state index in [1.54, 1.807) is 13.8 Å². The molecule has 1 aliphatic rings. The first-order valence-electron chi connectivity index (χ1n) is 6.76. The van der Waals surface area contributed by atoms with Crippen LogP contribution in [0.4, 0.5) is 17.6 Å². The van der Waals surface area contributed by atoms with Gasteiger partial charge in [0, 0.05) is 0 Å². The SMILES string of the molecule is CC1(C)[C@H](C(=O)OCc2cccc(F)n2)[C@@H]1C=C(Cl)C(F)(F)F. The molecule has 0 saturated heterocycles. The Hall–Kier alpha value is -1.63. The van der Waals surface area contributed by atoms with Crippen LogP contribution in [0.5, 0.6) is 0 Å². The van der Waals surface area contributed by atoms with Crippen LogP contribution in [0.2, 0.25) is 0 Å². The molecule has 0 spiro atoms. The van der Waals surface area contributed by atoms with Gasteiger partial charge >= 0.3 is 12.1 Å². The lowest BCUT2D eigenvalue weighted by atomic mass is 10.1. The molecule has 0 N–H and O–H groups in total. The standard InChI is InChI=1S/C15H14ClF4NO2/c1-14(2)9(6-10(16)15(18,19)20)12(14)13(22)23-7-8-4-3-5-11(17)21-8/h3-6,9,12H,7H2,1-2H3/t9-,12-/m0/s1. The Bertz CT molecular complexity index is 643. The van der Waals surface area contributed by atoms with Gasteiger partial charge in [0.05, 0.1) is 11.6 Å². The number of allylic oxidation sites excluding steroid dienone is 2. The minimum atomic E-state index is -4.64. The molecule has 0 aliphatic heterocycles. The molecule has 1 fully saturated rings. The number of hydrogen-bond donors (Lipinski definition) is 0. The zero-order chi connectivity index (χ0) is 17.4. The fourth-order valence-corrected chi connectivity index (χ4v) is 2.59. The number of halogens is 5. The van der Waals surface area contributed by atoms with Gasteiger partial charge in [0.15, 0.2) is 0 Å². The van der Waals surface area contributed by atoms with Crippen molar-refractivity contribution < 1.29 is 27.1 Å². The van der Waals surface area contributed by atoms with E-state index in [9.17, 15) is 22.4 Å². The van der Waals surface area contributed by atoms with Gasteiger partial charge in [-0.2, -0.15) is 17.6 Å². The number of carbonyl (C=O) groups is 1. The van der Waals surface area contributed by atoms with Gasteiger partial charge in [-0.1, -0.05) is 37.6 Å². The second kappa shape index (κ2) is 6.11. The highest BCUT2D eigenvalue weighted by Crippen LogP contribution is 2.60. The maximum Gasteiger partial charge on any atom is 0.426 e. The zero-order valence-electron chi connectivity index (χ0n) is 12.3. The maximum atomic E-state index is 12.9. The largest absolute Gasteiger partial charge is 0.459 e. The summed E-state index contributed by atoms with van der Waals surface area (Å²) in [5.41, 5.74) is -0.463. The van der Waals surface area contributed by atoms with E-state index < -0.39 is 40.4 Å². The highest BCUT2D eigenvalue weighted by atomic mass is 35.5. The predicted octanol–water partition coefficient (Wildman–Crippen LogP) is 4.22. The topological polar surface area (TPSA) is 39.2 Å². The number of alkyl halides is 3. The first-order chi connectivity index (χ1) is 10.5. The highest BCUT2D eigenvalue weighted by Gasteiger charge is 2.62. The summed E-state index contributed by atoms with van der Waals surface area (Å²) in [5.74, 6) is -2.76. The van der Waals surface area contributed by atoms with Gasteiger partial charge in [-0.15, -0.1) is 0 Å². The first-order valence-corrected chi connectivity index (χ1v) is 7.14. The van der Waals surface area contributed by atoms with Crippen LogP contribution in [0, 0.1) is 23.2 Å². The van der Waals surface area contributed by atoms with Gasteiger partial charge in [0.1, 0.15) is 11.6 Å². The van der Waals surface area contributed by atoms with Crippen molar-refractivity contribution in [3.8, 4) is 0 Å². The van der Waals surface area contributed by atoms with Crippen LogP contribution in [0.15, 0.2) is 29.3 Å². The smallest absolute Gasteiger partial charge is 0.426 e. The lowest BCUT2D eigenvalue weighted by Gasteiger charge is -2.05. The van der Waals surface area contributed by atoms with E-state index in [0.29, 0.717) is 0 Å². The molecule has 2 rings (SSSR count). The number of ether oxygens (including phenoxy) is 1. The molecule has 1 aromatic heterocycles. The molecule has 0 aromatic carbocycles. The fourth-order valence-electron chi connectivity index (χ4n) is 2.46. The average Bonchev–Trinajstić information content (AvgIpc) is 2.96. The number of nitrogens with zero attached hydrogens (tertiary/aromatic N) is 1. The molecule has 0 bridgehead atoms. The van der Waals surface area contributed by atoms with Crippen molar-refractivity contribution in [3.63, 3.8) is 0 Å². The lowest BCUT2D eigenvalue weighted by Crippen LogP contribution is -2.11. The fraction of sp³-hybridized carbons (Fsp3) is 0.467. The number of rotatable bonds is 4. The van der Waals surface area contributed by atoms with Crippen LogP contribution in [0.3, 0.4) is 0 Å². The van der Waals surface area contributed by atoms with Crippen LogP contribution >= 0.6 is 11.6 Å². The average molecular weight is 352 g/mol. The van der Waals surface area contributed by atoms with Crippen LogP contribution in [-0.2, 0) is 16.1 Å². The third-order valence-corrected chi connectivity index (χ3v) is 4.24. The van der Waals surface area contributed by atoms with Crippen LogP contribution in [0.25, 0.3) is 0 Å². The molecule has 0 amide bonds. The Morgan fingerprint density at radius 3 is 2.65 bits per heavy atom. The number of pyridine rings is 1. The number of carbonyl (C=O) groups excluding carboxylic acids is 1. The van der Waals surface area contributed by atoms with Crippen molar-refractivity contribution in [2.75, 3.05) is 0 Å². The Balaban J connectivity index is 2.00. The molecule has 3 nitrogen and oxygen atoms in total. The summed E-state index contributed by atoms with van der Waals surface area (Å²) < 4.78 is 55.3. The molecule has 0 radical (unpaired) electrons. The summed E-state index contributed by atoms with van der Waals surface area (Å²) >= 11 is 5.21. The number of hydrogen-bond acceptors (Lipinski definition) is 3. The van der Waals surface area contributed by atoms with Crippen LogP contribution in [0.1, 0.15) is 19.5 Å². The third kappa shape index (κ3) is 4.02. The zero-order valence-corrected chi connectivity index (χ0v) is 13.1. The summed E-state index contributed by atoms with van der Waals surface area (Å²) in [4.78, 5) is 15.6. The van der Waals surface area contributed by atoms with Gasteiger partial charge < -0.3 is 4.74 Å². The molecule has 1 aliphatic carbocycles. The van der Waals surface area contributed by atoms with E-state index in [1.807, 2.05) is 0 Å². The van der Waals surface area contributed by atoms with E-state index in [0.717, 1.165) is 12.1 Å². The highest BCUT2D eigenvalue weighted by molar-refractivity contribution is 6.30. The van der Waals surface area contributed by atoms with E-state index in [4.69, 9.17) is 16.3 Å². The van der Waals surface area contributed by atoms with E-state index in [2.05, 4.69) is 4.98 Å². The predicted molar refractivity (Wildman–Crippen MR) is 74.7 cm³/mol. The number of esters is 1. The minimum Gasteiger partial charge on any atom is -0.459 e. The molecular formula is C15H14ClF4NO2. The Kier molecular flexibility index (Phi) is 4.71. The molecule has 2 atom stereocenters. The van der Waals surface area contributed by atoms with Gasteiger partial charge in [0.2, 0.25) is 5.95 Å². The summed E-state index contributed by atoms with van der Waals surface area (Å²) in [6, 6.07) is 4.04. The Morgan fingerprint density at radius 2 is 2.09 bits per heavy atom. The van der Waals surface area contributed by atoms with Gasteiger partial charge in [-0.25, -0.2) is 4.98 Å². The molecule has 8 heteroatoms. The quantitative estimate of drug-likeness (QED) is 0.463. The van der Waals surface area contributed by atoms with E-state index in [-0.39, 0.29) is 12.3 Å². The molecule has 1 heterocycles. The summed E-state index contributed by atoms with van der Waals surface area (Å²) in [6.45, 7) is 3.06. The lowest BCUT2D eigenvalue weighted by molar-refractivity contribution is -0.147. The summed E-state index contributed by atoms with van der Waals surface area (Å²) in [6.07, 6.45) is -3.80. The summed E-state index contributed by atoms with van der Waals surface area (Å²) in [5, 5.41) is -1.25.